The Labute approximate surface area is 120 Å². The number of carboxylic acid groups (broad SMARTS) is 1. The molecule has 4 nitrogen and oxygen atoms in total. The van der Waals surface area contributed by atoms with Crippen LogP contribution >= 0.6 is 0 Å². The first kappa shape index (κ1) is 13.9. The summed E-state index contributed by atoms with van der Waals surface area (Å²) in [5.41, 5.74) is 0. The molecule has 4 saturated carbocycles. The Morgan fingerprint density at radius 1 is 1.10 bits per heavy atom. The lowest BCUT2D eigenvalue weighted by atomic mass is 9.51. The maximum absolute atomic E-state index is 12.6. The highest BCUT2D eigenvalue weighted by Crippen LogP contribution is 2.56. The highest BCUT2D eigenvalue weighted by molar-refractivity contribution is 5.80. The second-order valence-corrected chi connectivity index (χ2v) is 7.17. The number of rotatable bonds is 5. The van der Waals surface area contributed by atoms with Gasteiger partial charge < -0.3 is 10.4 Å². The van der Waals surface area contributed by atoms with E-state index >= 15 is 0 Å². The first-order chi connectivity index (χ1) is 9.56. The summed E-state index contributed by atoms with van der Waals surface area (Å²) in [5.74, 6) is 2.31. The Bertz CT molecular complexity index is 379. The molecule has 2 N–H and O–H groups in total. The van der Waals surface area contributed by atoms with Crippen LogP contribution in [0.2, 0.25) is 0 Å². The van der Waals surface area contributed by atoms with Crippen LogP contribution in [-0.2, 0) is 9.59 Å². The van der Waals surface area contributed by atoms with E-state index in [1.54, 1.807) is 0 Å². The molecule has 1 unspecified atom stereocenters. The van der Waals surface area contributed by atoms with Crippen molar-refractivity contribution in [2.75, 3.05) is 0 Å². The number of amides is 1. The molecule has 0 aliphatic heterocycles. The second-order valence-electron chi connectivity index (χ2n) is 7.17. The van der Waals surface area contributed by atoms with E-state index in [0.29, 0.717) is 18.3 Å². The number of hydrogen-bond acceptors (Lipinski definition) is 2. The summed E-state index contributed by atoms with van der Waals surface area (Å²) >= 11 is 0. The minimum Gasteiger partial charge on any atom is -0.481 e. The minimum atomic E-state index is -0.831. The number of carbonyl (C=O) groups excluding carboxylic acids is 1. The standard InChI is InChI=1S/C16H25NO3/c1-2-13(8-14(18)19)17-16(20)15-11-4-9-3-10(6-11)7-12(15)5-9/h9-13,15H,2-8H2,1H3,(H,17,20)(H,18,19). The van der Waals surface area contributed by atoms with E-state index in [1.807, 2.05) is 6.92 Å². The van der Waals surface area contributed by atoms with Gasteiger partial charge >= 0.3 is 5.97 Å². The molecule has 4 heteroatoms. The molecule has 0 aromatic heterocycles. The quantitative estimate of drug-likeness (QED) is 0.812. The predicted octanol–water partition coefficient (Wildman–Crippen LogP) is 2.43. The molecule has 1 amide bonds. The van der Waals surface area contributed by atoms with Crippen LogP contribution in [0.5, 0.6) is 0 Å². The van der Waals surface area contributed by atoms with Crippen molar-refractivity contribution in [2.45, 2.75) is 57.9 Å². The molecule has 0 aromatic rings. The highest BCUT2D eigenvalue weighted by Gasteiger charge is 2.50. The van der Waals surface area contributed by atoms with Gasteiger partial charge in [0.25, 0.3) is 0 Å². The minimum absolute atomic E-state index is 0.0372. The molecule has 4 fully saturated rings. The number of carbonyl (C=O) groups is 2. The maximum Gasteiger partial charge on any atom is 0.305 e. The summed E-state index contributed by atoms with van der Waals surface area (Å²) in [7, 11) is 0. The van der Waals surface area contributed by atoms with Crippen molar-refractivity contribution in [2.24, 2.45) is 29.6 Å². The molecule has 0 aromatic carbocycles. The SMILES string of the molecule is CCC(CC(=O)O)NC(=O)C1C2CC3CC(C2)CC1C3. The maximum atomic E-state index is 12.6. The fourth-order valence-electron chi connectivity index (χ4n) is 5.16. The Morgan fingerprint density at radius 2 is 1.65 bits per heavy atom. The van der Waals surface area contributed by atoms with E-state index < -0.39 is 5.97 Å². The molecule has 0 radical (unpaired) electrons. The van der Waals surface area contributed by atoms with E-state index in [-0.39, 0.29) is 24.3 Å². The van der Waals surface area contributed by atoms with Crippen molar-refractivity contribution in [1.29, 1.82) is 0 Å². The van der Waals surface area contributed by atoms with Gasteiger partial charge in [-0.3, -0.25) is 9.59 Å². The van der Waals surface area contributed by atoms with Gasteiger partial charge in [0.05, 0.1) is 6.42 Å². The number of nitrogens with one attached hydrogen (secondary N) is 1. The third kappa shape index (κ3) is 2.57. The Kier molecular flexibility index (Phi) is 3.74. The van der Waals surface area contributed by atoms with Gasteiger partial charge in [-0.2, -0.15) is 0 Å². The van der Waals surface area contributed by atoms with Gasteiger partial charge in [-0.25, -0.2) is 0 Å². The van der Waals surface area contributed by atoms with Gasteiger partial charge in [-0.1, -0.05) is 6.92 Å². The third-order valence-corrected chi connectivity index (χ3v) is 5.79. The molecule has 0 spiro atoms. The zero-order valence-electron chi connectivity index (χ0n) is 12.2. The molecule has 4 aliphatic rings. The van der Waals surface area contributed by atoms with Crippen molar-refractivity contribution in [3.63, 3.8) is 0 Å². The van der Waals surface area contributed by atoms with Crippen molar-refractivity contribution in [1.82, 2.24) is 5.32 Å². The van der Waals surface area contributed by atoms with E-state index in [2.05, 4.69) is 5.32 Å². The van der Waals surface area contributed by atoms with Crippen LogP contribution in [0.3, 0.4) is 0 Å². The van der Waals surface area contributed by atoms with E-state index in [0.717, 1.165) is 11.8 Å². The monoisotopic (exact) mass is 279 g/mol. The second kappa shape index (κ2) is 5.38. The summed E-state index contributed by atoms with van der Waals surface area (Å²) in [4.78, 5) is 23.4. The van der Waals surface area contributed by atoms with Crippen LogP contribution in [0.25, 0.3) is 0 Å². The van der Waals surface area contributed by atoms with Gasteiger partial charge in [-0.05, 0) is 62.2 Å². The Morgan fingerprint density at radius 3 is 2.10 bits per heavy atom. The molecule has 4 rings (SSSR count). The molecule has 112 valence electrons. The molecular formula is C16H25NO3. The topological polar surface area (TPSA) is 66.4 Å². The summed E-state index contributed by atoms with van der Waals surface area (Å²) in [6.45, 7) is 1.94. The Hall–Kier alpha value is -1.06. The average molecular weight is 279 g/mol. The lowest BCUT2D eigenvalue weighted by Gasteiger charge is -2.53. The first-order valence-corrected chi connectivity index (χ1v) is 8.09. The third-order valence-electron chi connectivity index (χ3n) is 5.79. The van der Waals surface area contributed by atoms with Crippen LogP contribution in [0.4, 0.5) is 0 Å². The highest BCUT2D eigenvalue weighted by atomic mass is 16.4. The number of carboxylic acids is 1. The van der Waals surface area contributed by atoms with E-state index in [9.17, 15) is 9.59 Å². The van der Waals surface area contributed by atoms with Gasteiger partial charge in [0.15, 0.2) is 0 Å². The number of hydrogen-bond donors (Lipinski definition) is 2. The zero-order valence-corrected chi connectivity index (χ0v) is 12.2. The van der Waals surface area contributed by atoms with Crippen molar-refractivity contribution in [3.05, 3.63) is 0 Å². The number of aliphatic carboxylic acids is 1. The first-order valence-electron chi connectivity index (χ1n) is 8.09. The fourth-order valence-corrected chi connectivity index (χ4v) is 5.16. The summed E-state index contributed by atoms with van der Waals surface area (Å²) in [6, 6.07) is -0.211. The van der Waals surface area contributed by atoms with Crippen LogP contribution in [0, 0.1) is 29.6 Å². The fraction of sp³-hybridized carbons (Fsp3) is 0.875. The van der Waals surface area contributed by atoms with Crippen molar-refractivity contribution in [3.8, 4) is 0 Å². The average Bonchev–Trinajstić information content (AvgIpc) is 2.35. The molecular weight excluding hydrogens is 254 g/mol. The summed E-state index contributed by atoms with van der Waals surface area (Å²) < 4.78 is 0. The normalized spacial score (nSPS) is 39.5. The van der Waals surface area contributed by atoms with E-state index in [1.165, 1.54) is 32.1 Å². The molecule has 4 bridgehead atoms. The summed E-state index contributed by atoms with van der Waals surface area (Å²) in [6.07, 6.45) is 7.00. The predicted molar refractivity (Wildman–Crippen MR) is 75.0 cm³/mol. The van der Waals surface area contributed by atoms with E-state index in [4.69, 9.17) is 5.11 Å². The molecule has 20 heavy (non-hydrogen) atoms. The Balaban J connectivity index is 1.63. The summed E-state index contributed by atoms with van der Waals surface area (Å²) in [5, 5.41) is 11.9. The lowest BCUT2D eigenvalue weighted by molar-refractivity contribution is -0.140. The van der Waals surface area contributed by atoms with Gasteiger partial charge in [-0.15, -0.1) is 0 Å². The largest absolute Gasteiger partial charge is 0.481 e. The van der Waals surface area contributed by atoms with Crippen molar-refractivity contribution >= 4 is 11.9 Å². The van der Waals surface area contributed by atoms with Gasteiger partial charge in [0, 0.05) is 12.0 Å². The van der Waals surface area contributed by atoms with Crippen LogP contribution in [0.1, 0.15) is 51.9 Å². The van der Waals surface area contributed by atoms with Gasteiger partial charge in [0.2, 0.25) is 5.91 Å². The van der Waals surface area contributed by atoms with Crippen molar-refractivity contribution < 1.29 is 14.7 Å². The molecule has 0 saturated heterocycles. The van der Waals surface area contributed by atoms with Crippen LogP contribution < -0.4 is 5.32 Å². The lowest BCUT2D eigenvalue weighted by Crippen LogP contribution is -2.52. The smallest absolute Gasteiger partial charge is 0.305 e. The van der Waals surface area contributed by atoms with Crippen LogP contribution in [-0.4, -0.2) is 23.0 Å². The van der Waals surface area contributed by atoms with Gasteiger partial charge in [0.1, 0.15) is 0 Å². The zero-order chi connectivity index (χ0) is 14.3. The van der Waals surface area contributed by atoms with Crippen LogP contribution in [0.15, 0.2) is 0 Å². The molecule has 1 atom stereocenters. The molecule has 4 aliphatic carbocycles. The molecule has 0 heterocycles.